The van der Waals surface area contributed by atoms with Gasteiger partial charge < -0.3 is 4.57 Å². The third-order valence-electron chi connectivity index (χ3n) is 3.19. The molecule has 1 aromatic carbocycles. The van der Waals surface area contributed by atoms with Crippen LogP contribution in [0.25, 0.3) is 16.7 Å². The van der Waals surface area contributed by atoms with Gasteiger partial charge in [-0.3, -0.25) is 4.57 Å². The number of nitrogens with zero attached hydrogens (tertiary/aromatic N) is 3. The Hall–Kier alpha value is -2.47. The van der Waals surface area contributed by atoms with E-state index >= 15 is 0 Å². The lowest BCUT2D eigenvalue weighted by Gasteiger charge is -2.08. The highest BCUT2D eigenvalue weighted by Gasteiger charge is 2.14. The molecule has 0 amide bonds. The molecule has 2 aromatic heterocycles. The monoisotopic (exact) mass is 235 g/mol. The maximum absolute atomic E-state index is 5.49. The van der Waals surface area contributed by atoms with Crippen LogP contribution < -0.4 is 0 Å². The Morgan fingerprint density at radius 3 is 2.89 bits per heavy atom. The largest absolute Gasteiger partial charge is 0.315 e. The summed E-state index contributed by atoms with van der Waals surface area (Å²) in [6.45, 7) is 2.67. The Morgan fingerprint density at radius 2 is 2.17 bits per heavy atom. The van der Waals surface area contributed by atoms with Crippen LogP contribution in [0.15, 0.2) is 43.0 Å². The molecule has 18 heavy (non-hydrogen) atoms. The molecular weight excluding hydrogens is 222 g/mol. The van der Waals surface area contributed by atoms with Gasteiger partial charge in [-0.1, -0.05) is 24.1 Å². The maximum atomic E-state index is 5.49. The van der Waals surface area contributed by atoms with Gasteiger partial charge in [0.05, 0.1) is 12.1 Å². The molecule has 3 rings (SSSR count). The molecule has 0 aliphatic rings. The smallest absolute Gasteiger partial charge is 0.122 e. The van der Waals surface area contributed by atoms with E-state index in [1.165, 1.54) is 10.9 Å². The highest BCUT2D eigenvalue weighted by atomic mass is 15.2. The van der Waals surface area contributed by atoms with E-state index in [2.05, 4.69) is 34.5 Å². The molecule has 0 atom stereocenters. The summed E-state index contributed by atoms with van der Waals surface area (Å²) in [5, 5.41) is 1.23. The van der Waals surface area contributed by atoms with Crippen molar-refractivity contribution in [1.29, 1.82) is 0 Å². The summed E-state index contributed by atoms with van der Waals surface area (Å²) in [4.78, 5) is 4.11. The molecule has 0 bridgehead atoms. The van der Waals surface area contributed by atoms with Gasteiger partial charge in [0.25, 0.3) is 0 Å². The van der Waals surface area contributed by atoms with Crippen LogP contribution in [-0.4, -0.2) is 14.1 Å². The van der Waals surface area contributed by atoms with Crippen LogP contribution in [0.5, 0.6) is 0 Å². The van der Waals surface area contributed by atoms with Crippen molar-refractivity contribution in [3.63, 3.8) is 0 Å². The highest BCUT2D eigenvalue weighted by molar-refractivity contribution is 5.87. The minimum absolute atomic E-state index is 0.557. The van der Waals surface area contributed by atoms with Gasteiger partial charge in [0.15, 0.2) is 0 Å². The fourth-order valence-corrected chi connectivity index (χ4v) is 2.43. The third kappa shape index (κ3) is 1.43. The Bertz CT molecular complexity index is 727. The van der Waals surface area contributed by atoms with E-state index < -0.39 is 0 Å². The summed E-state index contributed by atoms with van der Waals surface area (Å²) < 4.78 is 4.15. The zero-order chi connectivity index (χ0) is 12.5. The molecule has 88 valence electrons. The highest BCUT2D eigenvalue weighted by Crippen LogP contribution is 2.27. The first-order chi connectivity index (χ1) is 8.83. The third-order valence-corrected chi connectivity index (χ3v) is 3.19. The fourth-order valence-electron chi connectivity index (χ4n) is 2.43. The van der Waals surface area contributed by atoms with Gasteiger partial charge in [0.1, 0.15) is 12.1 Å². The van der Waals surface area contributed by atoms with Crippen LogP contribution in [0.2, 0.25) is 0 Å². The topological polar surface area (TPSA) is 22.8 Å². The van der Waals surface area contributed by atoms with Crippen molar-refractivity contribution in [3.8, 4) is 18.2 Å². The first kappa shape index (κ1) is 10.7. The van der Waals surface area contributed by atoms with Gasteiger partial charge in [-0.05, 0) is 18.6 Å². The lowest BCUT2D eigenvalue weighted by Crippen LogP contribution is -2.04. The quantitative estimate of drug-likeness (QED) is 0.626. The van der Waals surface area contributed by atoms with E-state index in [-0.39, 0.29) is 0 Å². The van der Waals surface area contributed by atoms with Gasteiger partial charge in [0, 0.05) is 17.8 Å². The van der Waals surface area contributed by atoms with E-state index in [0.717, 1.165) is 11.3 Å². The minimum atomic E-state index is 0.557. The number of para-hydroxylation sites is 1. The number of rotatable bonds is 2. The predicted molar refractivity (Wildman–Crippen MR) is 72.6 cm³/mol. The number of hydrogen-bond acceptors (Lipinski definition) is 1. The molecule has 0 N–H and O–H groups in total. The number of imidazole rings is 1. The molecule has 0 spiro atoms. The molecular formula is C15H13N3. The lowest BCUT2D eigenvalue weighted by molar-refractivity contribution is 0.813. The number of fused-ring (bicyclic) bond motifs is 1. The molecule has 0 radical (unpaired) electrons. The standard InChI is InChI=1S/C15H13N3/c1-3-9-18-14-7-5-4-6-13(14)12(2)15(18)17-10-8-16-11-17/h1,4-8,10-11H,9H2,2H3. The van der Waals surface area contributed by atoms with Crippen LogP contribution in [0.3, 0.4) is 0 Å². The number of benzene rings is 1. The second kappa shape index (κ2) is 4.08. The van der Waals surface area contributed by atoms with Crippen LogP contribution in [0.4, 0.5) is 0 Å². The molecule has 2 heterocycles. The van der Waals surface area contributed by atoms with Crippen molar-refractivity contribution in [2.45, 2.75) is 13.5 Å². The van der Waals surface area contributed by atoms with Crippen LogP contribution in [0.1, 0.15) is 5.56 Å². The minimum Gasteiger partial charge on any atom is -0.315 e. The summed E-state index contributed by atoms with van der Waals surface area (Å²) in [5.41, 5.74) is 2.38. The molecule has 3 aromatic rings. The van der Waals surface area contributed by atoms with E-state index in [0.29, 0.717) is 6.54 Å². The Kier molecular flexibility index (Phi) is 2.42. The molecule has 0 saturated heterocycles. The number of aryl methyl sites for hydroxylation is 1. The van der Waals surface area contributed by atoms with Gasteiger partial charge in [0.2, 0.25) is 0 Å². The van der Waals surface area contributed by atoms with Gasteiger partial charge in [-0.15, -0.1) is 6.42 Å². The van der Waals surface area contributed by atoms with Gasteiger partial charge in [-0.25, -0.2) is 4.98 Å². The second-order valence-electron chi connectivity index (χ2n) is 4.23. The first-order valence-electron chi connectivity index (χ1n) is 5.82. The number of terminal acetylenes is 1. The maximum Gasteiger partial charge on any atom is 0.122 e. The summed E-state index contributed by atoms with van der Waals surface area (Å²) >= 11 is 0. The fraction of sp³-hybridized carbons (Fsp3) is 0.133. The van der Waals surface area contributed by atoms with Crippen LogP contribution in [0, 0.1) is 19.3 Å². The van der Waals surface area contributed by atoms with Crippen LogP contribution in [-0.2, 0) is 6.54 Å². The van der Waals surface area contributed by atoms with Crippen molar-refractivity contribution in [1.82, 2.24) is 14.1 Å². The molecule has 0 fully saturated rings. The van der Waals surface area contributed by atoms with E-state index in [1.807, 2.05) is 22.9 Å². The van der Waals surface area contributed by atoms with Crippen LogP contribution >= 0.6 is 0 Å². The van der Waals surface area contributed by atoms with Crippen molar-refractivity contribution < 1.29 is 0 Å². The lowest BCUT2D eigenvalue weighted by atomic mass is 10.2. The Balaban J connectivity index is 2.39. The molecule has 0 unspecified atom stereocenters. The Morgan fingerprint density at radius 1 is 1.33 bits per heavy atom. The van der Waals surface area contributed by atoms with Crippen molar-refractivity contribution in [2.24, 2.45) is 0 Å². The Labute approximate surface area is 106 Å². The van der Waals surface area contributed by atoms with E-state index in [1.54, 1.807) is 12.5 Å². The van der Waals surface area contributed by atoms with Gasteiger partial charge in [-0.2, -0.15) is 0 Å². The molecule has 0 aliphatic heterocycles. The molecule has 3 nitrogen and oxygen atoms in total. The van der Waals surface area contributed by atoms with Crippen molar-refractivity contribution >= 4 is 10.9 Å². The van der Waals surface area contributed by atoms with Crippen molar-refractivity contribution in [3.05, 3.63) is 48.5 Å². The average Bonchev–Trinajstić information content (AvgIpc) is 2.99. The molecule has 0 aliphatic carbocycles. The SMILES string of the molecule is C#CCn1c(-n2ccnc2)c(C)c2ccccc21. The van der Waals surface area contributed by atoms with E-state index in [4.69, 9.17) is 6.42 Å². The summed E-state index contributed by atoms with van der Waals surface area (Å²) in [6, 6.07) is 8.30. The molecule has 0 saturated carbocycles. The summed E-state index contributed by atoms with van der Waals surface area (Å²) in [7, 11) is 0. The first-order valence-corrected chi connectivity index (χ1v) is 5.82. The van der Waals surface area contributed by atoms with E-state index in [9.17, 15) is 0 Å². The molecule has 3 heteroatoms. The zero-order valence-corrected chi connectivity index (χ0v) is 10.2. The predicted octanol–water partition coefficient (Wildman–Crippen LogP) is 2.77. The summed E-state index contributed by atoms with van der Waals surface area (Å²) in [6.07, 6.45) is 11.0. The van der Waals surface area contributed by atoms with Gasteiger partial charge >= 0.3 is 0 Å². The summed E-state index contributed by atoms with van der Waals surface area (Å²) in [5.74, 6) is 3.81. The second-order valence-corrected chi connectivity index (χ2v) is 4.23. The van der Waals surface area contributed by atoms with Crippen molar-refractivity contribution in [2.75, 3.05) is 0 Å². The number of hydrogen-bond donors (Lipinski definition) is 0. The average molecular weight is 235 g/mol. The number of aromatic nitrogens is 3. The normalized spacial score (nSPS) is 10.7. The zero-order valence-electron chi connectivity index (χ0n) is 10.2.